The molecule has 2 rings (SSSR count). The van der Waals surface area contributed by atoms with Gasteiger partial charge in [0.05, 0.1) is 10.6 Å². The molecule has 2 N–H and O–H groups in total. The Kier molecular flexibility index (Phi) is 4.99. The number of rotatable bonds is 5. The zero-order valence-electron chi connectivity index (χ0n) is 11.3. The van der Waals surface area contributed by atoms with Crippen LogP contribution in [-0.2, 0) is 6.54 Å². The summed E-state index contributed by atoms with van der Waals surface area (Å²) in [5.41, 5.74) is 0.690. The van der Waals surface area contributed by atoms with Gasteiger partial charge in [-0.25, -0.2) is 9.18 Å². The number of carbonyl (C=O) groups excluding carboxylic acids is 1. The summed E-state index contributed by atoms with van der Waals surface area (Å²) in [7, 11) is 1.64. The maximum Gasteiger partial charge on any atom is 0.317 e. The molecule has 0 spiro atoms. The second-order valence-corrected chi connectivity index (χ2v) is 6.05. The third-order valence-corrected chi connectivity index (χ3v) is 4.04. The van der Waals surface area contributed by atoms with Crippen molar-refractivity contribution in [1.29, 1.82) is 0 Å². The Labute approximate surface area is 126 Å². The molecule has 2 amide bonds. The molecule has 1 aliphatic rings. The van der Waals surface area contributed by atoms with Crippen LogP contribution in [0.5, 0.6) is 0 Å². The lowest BCUT2D eigenvalue weighted by molar-refractivity contribution is 0.113. The fourth-order valence-electron chi connectivity index (χ4n) is 1.96. The van der Waals surface area contributed by atoms with E-state index in [9.17, 15) is 14.3 Å². The molecule has 0 bridgehead atoms. The molecule has 0 aromatic heterocycles. The van der Waals surface area contributed by atoms with Crippen molar-refractivity contribution in [2.45, 2.75) is 25.5 Å². The summed E-state index contributed by atoms with van der Waals surface area (Å²) in [5, 5.41) is 12.5. The van der Waals surface area contributed by atoms with Crippen molar-refractivity contribution >= 4 is 22.0 Å². The van der Waals surface area contributed by atoms with Gasteiger partial charge in [-0.05, 0) is 52.4 Å². The molecule has 0 saturated heterocycles. The van der Waals surface area contributed by atoms with Crippen LogP contribution in [0.15, 0.2) is 22.7 Å². The molecule has 20 heavy (non-hydrogen) atoms. The Balaban J connectivity index is 1.79. The molecule has 1 atom stereocenters. The zero-order valence-corrected chi connectivity index (χ0v) is 12.9. The minimum absolute atomic E-state index is 0.257. The largest absolute Gasteiger partial charge is 0.391 e. The van der Waals surface area contributed by atoms with Crippen molar-refractivity contribution in [3.05, 3.63) is 34.1 Å². The lowest BCUT2D eigenvalue weighted by Crippen LogP contribution is -2.41. The van der Waals surface area contributed by atoms with Gasteiger partial charge < -0.3 is 15.3 Å². The van der Waals surface area contributed by atoms with Crippen molar-refractivity contribution < 1.29 is 14.3 Å². The monoisotopic (exact) mass is 344 g/mol. The summed E-state index contributed by atoms with van der Waals surface area (Å²) in [6, 6.07) is 4.46. The summed E-state index contributed by atoms with van der Waals surface area (Å²) < 4.78 is 13.7. The number of likely N-dealkylation sites (N-methyl/N-ethyl adjacent to an activating group) is 1. The number of hydrogen-bond acceptors (Lipinski definition) is 2. The minimum atomic E-state index is -0.448. The first-order valence-corrected chi connectivity index (χ1v) is 7.37. The van der Waals surface area contributed by atoms with Crippen LogP contribution in [0.25, 0.3) is 0 Å². The highest BCUT2D eigenvalue weighted by Gasteiger charge is 2.31. The van der Waals surface area contributed by atoms with Gasteiger partial charge in [0.15, 0.2) is 0 Å². The highest BCUT2D eigenvalue weighted by Crippen LogP contribution is 2.32. The van der Waals surface area contributed by atoms with Crippen LogP contribution < -0.4 is 5.32 Å². The summed E-state index contributed by atoms with van der Waals surface area (Å²) in [4.78, 5) is 13.3. The third kappa shape index (κ3) is 4.18. The van der Waals surface area contributed by atoms with E-state index < -0.39 is 6.10 Å². The summed E-state index contributed by atoms with van der Waals surface area (Å²) >= 11 is 3.08. The van der Waals surface area contributed by atoms with E-state index in [4.69, 9.17) is 0 Å². The van der Waals surface area contributed by atoms with E-state index in [-0.39, 0.29) is 18.4 Å². The minimum Gasteiger partial charge on any atom is -0.391 e. The van der Waals surface area contributed by atoms with E-state index in [1.54, 1.807) is 19.2 Å². The number of aliphatic hydroxyl groups is 1. The number of carbonyl (C=O) groups is 1. The molecule has 1 aliphatic carbocycles. The van der Waals surface area contributed by atoms with Crippen molar-refractivity contribution in [1.82, 2.24) is 10.2 Å². The maximum absolute atomic E-state index is 13.3. The number of benzene rings is 1. The number of hydrogen-bond donors (Lipinski definition) is 2. The average molecular weight is 345 g/mol. The van der Waals surface area contributed by atoms with E-state index in [1.807, 2.05) is 0 Å². The molecule has 4 nitrogen and oxygen atoms in total. The topological polar surface area (TPSA) is 52.6 Å². The van der Waals surface area contributed by atoms with Crippen molar-refractivity contribution in [3.8, 4) is 0 Å². The predicted molar refractivity (Wildman–Crippen MR) is 77.7 cm³/mol. The smallest absolute Gasteiger partial charge is 0.317 e. The number of urea groups is 1. The maximum atomic E-state index is 13.3. The quantitative estimate of drug-likeness (QED) is 0.862. The standard InChI is InChI=1S/C14H18BrFN2O2/c1-18(8-13(19)10-3-4-10)14(20)17-7-9-2-5-11(15)12(16)6-9/h2,5-6,10,13,19H,3-4,7-8H2,1H3,(H,17,20). The van der Waals surface area contributed by atoms with Gasteiger partial charge in [0.25, 0.3) is 0 Å². The molecular weight excluding hydrogens is 327 g/mol. The van der Waals surface area contributed by atoms with Gasteiger partial charge in [0.2, 0.25) is 0 Å². The molecule has 1 aromatic rings. The predicted octanol–water partition coefficient (Wildman–Crippen LogP) is 2.50. The van der Waals surface area contributed by atoms with Gasteiger partial charge in [-0.2, -0.15) is 0 Å². The van der Waals surface area contributed by atoms with E-state index in [0.717, 1.165) is 12.8 Å². The van der Waals surface area contributed by atoms with E-state index in [2.05, 4.69) is 21.2 Å². The van der Waals surface area contributed by atoms with Crippen molar-refractivity contribution in [3.63, 3.8) is 0 Å². The number of amides is 2. The molecule has 1 saturated carbocycles. The van der Waals surface area contributed by atoms with Crippen LogP contribution in [0.1, 0.15) is 18.4 Å². The zero-order chi connectivity index (χ0) is 14.7. The molecule has 6 heteroatoms. The Bertz CT molecular complexity index is 494. The first-order chi connectivity index (χ1) is 9.47. The fourth-order valence-corrected chi connectivity index (χ4v) is 2.20. The Morgan fingerprint density at radius 2 is 2.30 bits per heavy atom. The van der Waals surface area contributed by atoms with Gasteiger partial charge in [-0.15, -0.1) is 0 Å². The summed E-state index contributed by atoms with van der Waals surface area (Å²) in [5.74, 6) is -0.0138. The van der Waals surface area contributed by atoms with Gasteiger partial charge >= 0.3 is 6.03 Å². The van der Waals surface area contributed by atoms with Crippen molar-refractivity contribution in [2.75, 3.05) is 13.6 Å². The fraction of sp³-hybridized carbons (Fsp3) is 0.500. The average Bonchev–Trinajstić information content (AvgIpc) is 3.24. The van der Waals surface area contributed by atoms with E-state index in [0.29, 0.717) is 22.5 Å². The Hall–Kier alpha value is -1.14. The molecule has 1 aromatic carbocycles. The number of nitrogens with zero attached hydrogens (tertiary/aromatic N) is 1. The molecular formula is C14H18BrFN2O2. The van der Waals surface area contributed by atoms with Crippen LogP contribution in [0.3, 0.4) is 0 Å². The van der Waals surface area contributed by atoms with Crippen LogP contribution >= 0.6 is 15.9 Å². The molecule has 0 radical (unpaired) electrons. The first kappa shape index (κ1) is 15.3. The van der Waals surface area contributed by atoms with Crippen molar-refractivity contribution in [2.24, 2.45) is 5.92 Å². The number of halogens is 2. The van der Waals surface area contributed by atoms with Gasteiger partial charge in [-0.1, -0.05) is 6.07 Å². The second-order valence-electron chi connectivity index (χ2n) is 5.19. The van der Waals surface area contributed by atoms with E-state index in [1.165, 1.54) is 11.0 Å². The number of aliphatic hydroxyl groups excluding tert-OH is 1. The molecule has 0 heterocycles. The highest BCUT2D eigenvalue weighted by molar-refractivity contribution is 9.10. The second kappa shape index (κ2) is 6.54. The Morgan fingerprint density at radius 3 is 2.90 bits per heavy atom. The summed E-state index contributed by atoms with van der Waals surface area (Å²) in [6.45, 7) is 0.581. The van der Waals surface area contributed by atoms with E-state index >= 15 is 0 Å². The van der Waals surface area contributed by atoms with Crippen LogP contribution in [-0.4, -0.2) is 35.7 Å². The lowest BCUT2D eigenvalue weighted by atomic mass is 10.2. The van der Waals surface area contributed by atoms with Crippen LogP contribution in [0.2, 0.25) is 0 Å². The molecule has 1 fully saturated rings. The lowest BCUT2D eigenvalue weighted by Gasteiger charge is -2.21. The first-order valence-electron chi connectivity index (χ1n) is 6.58. The molecule has 1 unspecified atom stereocenters. The SMILES string of the molecule is CN(CC(O)C1CC1)C(=O)NCc1ccc(Br)c(F)c1. The van der Waals surface area contributed by atoms with Crippen LogP contribution in [0.4, 0.5) is 9.18 Å². The molecule has 110 valence electrons. The third-order valence-electron chi connectivity index (χ3n) is 3.40. The molecule has 0 aliphatic heterocycles. The highest BCUT2D eigenvalue weighted by atomic mass is 79.9. The van der Waals surface area contributed by atoms with Gasteiger partial charge in [0.1, 0.15) is 5.82 Å². The number of nitrogens with one attached hydrogen (secondary N) is 1. The normalized spacial score (nSPS) is 15.8. The van der Waals surface area contributed by atoms with Crippen LogP contribution in [0, 0.1) is 11.7 Å². The summed E-state index contributed by atoms with van der Waals surface area (Å²) in [6.07, 6.45) is 1.62. The van der Waals surface area contributed by atoms with Gasteiger partial charge in [0, 0.05) is 20.1 Å². The van der Waals surface area contributed by atoms with Gasteiger partial charge in [-0.3, -0.25) is 0 Å². The Morgan fingerprint density at radius 1 is 1.60 bits per heavy atom.